The second kappa shape index (κ2) is 21.8. The zero-order chi connectivity index (χ0) is 40.7. The summed E-state index contributed by atoms with van der Waals surface area (Å²) in [4.78, 5) is 5.26. The number of nitrogens with one attached hydrogen (secondary N) is 1. The standard InChI is InChI=1S/C49H60N3O3S3/c1-5-9-18-38(8-4)37-50-58(53,54)48-24-17-16-23-45(48)49-43-27-25-39(51(29-6-2)31-33-56-41-19-12-10-13-20-41)35-46(43)55-47-36-40(26-28-44(47)49)52(30-7-3)32-34-57-42-21-14-11-15-22-42/h10-17,19-28,35-36,38,50H,5-9,18,29-34,37H2,1-4H3/q+1. The van der Waals surface area contributed by atoms with E-state index in [4.69, 9.17) is 4.42 Å². The first kappa shape index (κ1) is 43.6. The Hall–Kier alpha value is -4.02. The largest absolute Gasteiger partial charge is 0.456 e. The topological polar surface area (TPSA) is 65.6 Å². The van der Waals surface area contributed by atoms with Crippen LogP contribution < -0.4 is 19.6 Å². The molecule has 0 bridgehead atoms. The van der Waals surface area contributed by atoms with Gasteiger partial charge in [0.05, 0.1) is 16.7 Å². The fourth-order valence-electron chi connectivity index (χ4n) is 7.57. The summed E-state index contributed by atoms with van der Waals surface area (Å²) >= 11 is 3.73. The fraction of sp³-hybridized carbons (Fsp3) is 0.367. The van der Waals surface area contributed by atoms with Gasteiger partial charge in [-0.25, -0.2) is 17.7 Å². The molecule has 0 radical (unpaired) electrons. The number of rotatable bonds is 22. The average molecular weight is 835 g/mol. The number of benzene rings is 5. The predicted molar refractivity (Wildman–Crippen MR) is 249 cm³/mol. The van der Waals surface area contributed by atoms with Gasteiger partial charge in [-0.3, -0.25) is 0 Å². The second-order valence-corrected chi connectivity index (χ2v) is 19.0. The molecule has 306 valence electrons. The van der Waals surface area contributed by atoms with Crippen LogP contribution in [-0.4, -0.2) is 52.6 Å². The van der Waals surface area contributed by atoms with Gasteiger partial charge in [0, 0.05) is 81.5 Å². The Morgan fingerprint density at radius 2 is 1.41 bits per heavy atom. The van der Waals surface area contributed by atoms with Crippen molar-refractivity contribution in [3.63, 3.8) is 0 Å². The van der Waals surface area contributed by atoms with E-state index in [9.17, 15) is 8.42 Å². The molecule has 0 spiro atoms. The lowest BCUT2D eigenvalue weighted by Crippen LogP contribution is -2.32. The zero-order valence-corrected chi connectivity index (χ0v) is 37.1. The number of thioether (sulfide) groups is 2. The quantitative estimate of drug-likeness (QED) is 0.0417. The highest BCUT2D eigenvalue weighted by molar-refractivity contribution is 7.99. The van der Waals surface area contributed by atoms with Gasteiger partial charge in [-0.2, -0.15) is 0 Å². The molecule has 9 heteroatoms. The molecule has 1 N–H and O–H groups in total. The van der Waals surface area contributed by atoms with Crippen molar-refractivity contribution in [3.05, 3.63) is 127 Å². The van der Waals surface area contributed by atoms with Crippen molar-refractivity contribution >= 4 is 50.2 Å². The molecule has 6 rings (SSSR count). The maximum atomic E-state index is 14.3. The number of fused-ring (bicyclic) bond motifs is 2. The maximum absolute atomic E-state index is 14.3. The lowest BCUT2D eigenvalue weighted by molar-refractivity contribution is 0.444. The molecule has 4 aromatic carbocycles. The molecule has 0 aromatic heterocycles. The molecule has 1 heterocycles. The van der Waals surface area contributed by atoms with Gasteiger partial charge >= 0.3 is 0 Å². The van der Waals surface area contributed by atoms with Crippen LogP contribution in [0.25, 0.3) is 33.4 Å². The third-order valence-corrected chi connectivity index (χ3v) is 14.2. The zero-order valence-electron chi connectivity index (χ0n) is 34.7. The molecule has 6 nitrogen and oxygen atoms in total. The van der Waals surface area contributed by atoms with Crippen LogP contribution in [0.4, 0.5) is 5.69 Å². The van der Waals surface area contributed by atoms with E-state index < -0.39 is 10.0 Å². The summed E-state index contributed by atoms with van der Waals surface area (Å²) in [6.07, 6.45) is 6.17. The third kappa shape index (κ3) is 11.4. The van der Waals surface area contributed by atoms with Gasteiger partial charge in [-0.05, 0) is 67.3 Å². The highest BCUT2D eigenvalue weighted by Crippen LogP contribution is 2.43. The first-order valence-corrected chi connectivity index (χ1v) is 24.6. The Morgan fingerprint density at radius 3 is 2.10 bits per heavy atom. The Morgan fingerprint density at radius 1 is 0.707 bits per heavy atom. The Bertz CT molecular complexity index is 2350. The number of hydrogen-bond acceptors (Lipinski definition) is 6. The molecule has 1 atom stereocenters. The highest BCUT2D eigenvalue weighted by Gasteiger charge is 2.26. The smallest absolute Gasteiger partial charge is 0.241 e. The van der Waals surface area contributed by atoms with Crippen LogP contribution in [0.15, 0.2) is 140 Å². The van der Waals surface area contributed by atoms with Gasteiger partial charge < -0.3 is 9.32 Å². The molecule has 1 aliphatic carbocycles. The Kier molecular flexibility index (Phi) is 16.4. The summed E-state index contributed by atoms with van der Waals surface area (Å²) in [5.41, 5.74) is 4.27. The van der Waals surface area contributed by atoms with Crippen molar-refractivity contribution in [3.8, 4) is 22.5 Å². The third-order valence-electron chi connectivity index (χ3n) is 10.7. The summed E-state index contributed by atoms with van der Waals surface area (Å²) < 4.78 is 40.9. The average Bonchev–Trinajstić information content (AvgIpc) is 3.25. The molecule has 0 amide bonds. The van der Waals surface area contributed by atoms with Gasteiger partial charge in [0.1, 0.15) is 17.9 Å². The molecule has 0 saturated heterocycles. The molecule has 1 aliphatic heterocycles. The minimum Gasteiger partial charge on any atom is -0.456 e. The summed E-state index contributed by atoms with van der Waals surface area (Å²) in [5, 5.41) is 1.99. The van der Waals surface area contributed by atoms with E-state index in [0.717, 1.165) is 115 Å². The Balaban J connectivity index is 1.46. The number of hydrogen-bond donors (Lipinski definition) is 1. The molecular formula is C49H60N3O3S3+. The van der Waals surface area contributed by atoms with Gasteiger partial charge in [0.25, 0.3) is 0 Å². The minimum absolute atomic E-state index is 0.290. The normalized spacial score (nSPS) is 12.9. The van der Waals surface area contributed by atoms with E-state index in [1.807, 2.05) is 41.7 Å². The van der Waals surface area contributed by atoms with Crippen molar-refractivity contribution in [1.29, 1.82) is 0 Å². The summed E-state index contributed by atoms with van der Waals surface area (Å²) in [5.74, 6) is 2.94. The van der Waals surface area contributed by atoms with Crippen molar-refractivity contribution in [2.24, 2.45) is 5.92 Å². The second-order valence-electron chi connectivity index (χ2n) is 14.9. The molecule has 0 saturated carbocycles. The van der Waals surface area contributed by atoms with E-state index in [2.05, 4.69) is 139 Å². The van der Waals surface area contributed by atoms with E-state index in [0.29, 0.717) is 22.9 Å². The van der Waals surface area contributed by atoms with Crippen molar-refractivity contribution in [1.82, 2.24) is 9.30 Å². The van der Waals surface area contributed by atoms with E-state index in [1.54, 1.807) is 6.07 Å². The monoisotopic (exact) mass is 834 g/mol. The van der Waals surface area contributed by atoms with Crippen LogP contribution in [0.3, 0.4) is 0 Å². The van der Waals surface area contributed by atoms with Crippen LogP contribution in [-0.2, 0) is 10.0 Å². The number of nitrogens with zero attached hydrogens (tertiary/aromatic N) is 2. The molecular weight excluding hydrogens is 775 g/mol. The van der Waals surface area contributed by atoms with Gasteiger partial charge in [-0.1, -0.05) is 102 Å². The van der Waals surface area contributed by atoms with Crippen molar-refractivity contribution < 1.29 is 12.8 Å². The van der Waals surface area contributed by atoms with Crippen LogP contribution in [0.1, 0.15) is 66.2 Å². The molecule has 0 fully saturated rings. The predicted octanol–water partition coefficient (Wildman–Crippen LogP) is 11.7. The fourth-order valence-corrected chi connectivity index (χ4v) is 10.7. The first-order valence-electron chi connectivity index (χ1n) is 21.1. The maximum Gasteiger partial charge on any atom is 0.241 e. The first-order chi connectivity index (χ1) is 28.3. The van der Waals surface area contributed by atoms with Gasteiger partial charge in [-0.15, -0.1) is 23.5 Å². The minimum atomic E-state index is -3.83. The molecule has 2 aliphatic rings. The van der Waals surface area contributed by atoms with Crippen LogP contribution in [0.5, 0.6) is 0 Å². The molecule has 4 aromatic rings. The lowest BCUT2D eigenvalue weighted by atomic mass is 9.93. The number of sulfonamides is 1. The van der Waals surface area contributed by atoms with Crippen LogP contribution in [0.2, 0.25) is 0 Å². The van der Waals surface area contributed by atoms with Crippen molar-refractivity contribution in [2.75, 3.05) is 49.1 Å². The number of unbranched alkanes of at least 4 members (excludes halogenated alkanes) is 1. The van der Waals surface area contributed by atoms with Crippen LogP contribution >= 0.6 is 23.5 Å². The van der Waals surface area contributed by atoms with Crippen LogP contribution in [0, 0.1) is 5.92 Å². The SMILES string of the molecule is CCCCC(CC)CNS(=O)(=O)c1ccccc1-c1c2ccc(=[N+](CCC)CCSc3ccccc3)cc-2oc2cc(N(CCC)CCSc3ccccc3)ccc12. The number of anilines is 1. The summed E-state index contributed by atoms with van der Waals surface area (Å²) in [7, 11) is -3.83. The lowest BCUT2D eigenvalue weighted by Gasteiger charge is -2.25. The highest BCUT2D eigenvalue weighted by atomic mass is 32.2. The van der Waals surface area contributed by atoms with Gasteiger partial charge in [0.2, 0.25) is 15.4 Å². The van der Waals surface area contributed by atoms with Crippen molar-refractivity contribution in [2.45, 2.75) is 80.9 Å². The van der Waals surface area contributed by atoms with E-state index in [-0.39, 0.29) is 0 Å². The van der Waals surface area contributed by atoms with Gasteiger partial charge in [0.15, 0.2) is 6.54 Å². The Labute approximate surface area is 355 Å². The molecule has 1 unspecified atom stereocenters. The summed E-state index contributed by atoms with van der Waals surface area (Å²) in [6.45, 7) is 12.8. The van der Waals surface area contributed by atoms with E-state index >= 15 is 0 Å². The summed E-state index contributed by atoms with van der Waals surface area (Å²) in [6, 6.07) is 41.5. The van der Waals surface area contributed by atoms with E-state index in [1.165, 1.54) is 9.79 Å². The molecule has 58 heavy (non-hydrogen) atoms.